The van der Waals surface area contributed by atoms with E-state index in [4.69, 9.17) is 0 Å². The molecule has 0 aromatic heterocycles. The molecule has 0 saturated carbocycles. The topological polar surface area (TPSA) is 30.0 Å². The lowest BCUT2D eigenvalue weighted by Gasteiger charge is -2.25. The molecule has 1 N–H and O–H groups in total. The van der Waals surface area contributed by atoms with E-state index in [2.05, 4.69) is 34.9 Å². The summed E-state index contributed by atoms with van der Waals surface area (Å²) in [6, 6.07) is 9.87. The molecule has 0 amide bonds. The van der Waals surface area contributed by atoms with Crippen LogP contribution in [0.15, 0.2) is 30.3 Å². The minimum absolute atomic E-state index is 0. The van der Waals surface area contributed by atoms with Crippen molar-refractivity contribution in [1.82, 2.24) is 0 Å². The molecule has 1 radical (unpaired) electrons. The van der Waals surface area contributed by atoms with Crippen LogP contribution in [0, 0.1) is 6.92 Å². The summed E-state index contributed by atoms with van der Waals surface area (Å²) in [5.74, 6) is 0. The fourth-order valence-corrected chi connectivity index (χ4v) is 0.702. The molecular weight excluding hydrogens is 186 g/mol. The Bertz CT molecular complexity index is 226. The normalized spacial score (nSPS) is 9.67. The Labute approximate surface area is 94.4 Å². The van der Waals surface area contributed by atoms with Gasteiger partial charge in [-0.05, 0) is 26.3 Å². The molecule has 0 aliphatic carbocycles. The van der Waals surface area contributed by atoms with E-state index in [-0.39, 0.29) is 5.48 Å². The molecule has 0 spiro atoms. The van der Waals surface area contributed by atoms with Crippen molar-refractivity contribution in [2.75, 3.05) is 27.2 Å². The largest absolute Gasteiger partial charge is 0.870 e. The third-order valence-electron chi connectivity index (χ3n) is 2.55. The SMILES string of the molecule is CC[N+](C)(C)CC.[CH2]c1ccccc1.[OH-]. The van der Waals surface area contributed by atoms with E-state index in [1.165, 1.54) is 13.1 Å². The van der Waals surface area contributed by atoms with Crippen LogP contribution in [0.25, 0.3) is 0 Å². The summed E-state index contributed by atoms with van der Waals surface area (Å²) in [5, 5.41) is 0. The highest BCUT2D eigenvalue weighted by Gasteiger charge is 2.04. The van der Waals surface area contributed by atoms with Crippen LogP contribution in [0.3, 0.4) is 0 Å². The summed E-state index contributed by atoms with van der Waals surface area (Å²) in [7, 11) is 4.47. The first-order chi connectivity index (χ1) is 6.52. The van der Waals surface area contributed by atoms with Crippen LogP contribution in [0.2, 0.25) is 0 Å². The smallest absolute Gasteiger partial charge is 0.0753 e. The quantitative estimate of drug-likeness (QED) is 0.690. The van der Waals surface area contributed by atoms with Gasteiger partial charge in [-0.3, -0.25) is 0 Å². The molecule has 0 aliphatic heterocycles. The lowest BCUT2D eigenvalue weighted by Crippen LogP contribution is -2.38. The van der Waals surface area contributed by atoms with Crippen LogP contribution in [-0.4, -0.2) is 37.1 Å². The molecule has 0 fully saturated rings. The van der Waals surface area contributed by atoms with Crippen LogP contribution in [0.1, 0.15) is 19.4 Å². The Morgan fingerprint density at radius 1 is 1.00 bits per heavy atom. The van der Waals surface area contributed by atoms with E-state index >= 15 is 0 Å². The molecule has 2 nitrogen and oxygen atoms in total. The summed E-state index contributed by atoms with van der Waals surface area (Å²) in [6.45, 7) is 10.6. The predicted octanol–water partition coefficient (Wildman–Crippen LogP) is 2.79. The molecule has 0 atom stereocenters. The Morgan fingerprint density at radius 3 is 1.53 bits per heavy atom. The molecule has 87 valence electrons. The molecule has 1 rings (SSSR count). The van der Waals surface area contributed by atoms with Crippen molar-refractivity contribution >= 4 is 0 Å². The summed E-state index contributed by atoms with van der Waals surface area (Å²) in [6.07, 6.45) is 0. The van der Waals surface area contributed by atoms with Crippen molar-refractivity contribution < 1.29 is 9.96 Å². The van der Waals surface area contributed by atoms with Crippen molar-refractivity contribution in [3.63, 3.8) is 0 Å². The Hall–Kier alpha value is -0.860. The summed E-state index contributed by atoms with van der Waals surface area (Å²) in [4.78, 5) is 0. The summed E-state index contributed by atoms with van der Waals surface area (Å²) < 4.78 is 1.14. The lowest BCUT2D eigenvalue weighted by molar-refractivity contribution is -0.886. The van der Waals surface area contributed by atoms with Crippen LogP contribution >= 0.6 is 0 Å². The number of quaternary nitrogens is 1. The van der Waals surface area contributed by atoms with Crippen LogP contribution in [0.5, 0.6) is 0 Å². The summed E-state index contributed by atoms with van der Waals surface area (Å²) >= 11 is 0. The second kappa shape index (κ2) is 8.45. The summed E-state index contributed by atoms with van der Waals surface area (Å²) in [5.41, 5.74) is 1.07. The molecule has 15 heavy (non-hydrogen) atoms. The Morgan fingerprint density at radius 2 is 1.40 bits per heavy atom. The zero-order valence-corrected chi connectivity index (χ0v) is 10.4. The first kappa shape index (κ1) is 16.6. The highest BCUT2D eigenvalue weighted by atomic mass is 16.0. The van der Waals surface area contributed by atoms with E-state index < -0.39 is 0 Å². The van der Waals surface area contributed by atoms with Gasteiger partial charge in [0, 0.05) is 0 Å². The number of rotatable bonds is 2. The molecule has 1 aromatic rings. The van der Waals surface area contributed by atoms with E-state index in [9.17, 15) is 0 Å². The second-order valence-electron chi connectivity index (χ2n) is 4.05. The number of benzene rings is 1. The molecule has 0 heterocycles. The molecular formula is C13H24NO. The second-order valence-corrected chi connectivity index (χ2v) is 4.05. The van der Waals surface area contributed by atoms with Crippen molar-refractivity contribution in [3.8, 4) is 0 Å². The average Bonchev–Trinajstić information content (AvgIpc) is 2.20. The number of hydrogen-bond donors (Lipinski definition) is 0. The first-order valence-corrected chi connectivity index (χ1v) is 5.21. The third-order valence-corrected chi connectivity index (χ3v) is 2.55. The van der Waals surface area contributed by atoms with E-state index in [0.717, 1.165) is 10.0 Å². The molecule has 1 aromatic carbocycles. The van der Waals surface area contributed by atoms with Gasteiger partial charge in [-0.25, -0.2) is 0 Å². The van der Waals surface area contributed by atoms with Crippen LogP contribution in [-0.2, 0) is 0 Å². The fourth-order valence-electron chi connectivity index (χ4n) is 0.702. The minimum atomic E-state index is 0. The van der Waals surface area contributed by atoms with Gasteiger partial charge >= 0.3 is 0 Å². The van der Waals surface area contributed by atoms with E-state index in [1.807, 2.05) is 30.3 Å². The van der Waals surface area contributed by atoms with Gasteiger partial charge in [-0.2, -0.15) is 0 Å². The number of nitrogens with zero attached hydrogens (tertiary/aromatic N) is 1. The van der Waals surface area contributed by atoms with Gasteiger partial charge in [0.05, 0.1) is 27.2 Å². The van der Waals surface area contributed by atoms with Crippen molar-refractivity contribution in [1.29, 1.82) is 0 Å². The van der Waals surface area contributed by atoms with Gasteiger partial charge in [-0.15, -0.1) is 0 Å². The molecule has 0 saturated heterocycles. The van der Waals surface area contributed by atoms with Gasteiger partial charge in [0.1, 0.15) is 0 Å². The van der Waals surface area contributed by atoms with E-state index in [0.29, 0.717) is 0 Å². The maximum Gasteiger partial charge on any atom is 0.0753 e. The van der Waals surface area contributed by atoms with Gasteiger partial charge < -0.3 is 9.96 Å². The minimum Gasteiger partial charge on any atom is -0.870 e. The maximum atomic E-state index is 3.72. The molecule has 0 bridgehead atoms. The molecule has 0 unspecified atom stereocenters. The van der Waals surface area contributed by atoms with Crippen LogP contribution < -0.4 is 0 Å². The maximum absolute atomic E-state index is 3.72. The highest BCUT2D eigenvalue weighted by molar-refractivity contribution is 5.16. The number of hydrogen-bond acceptors (Lipinski definition) is 1. The van der Waals surface area contributed by atoms with Crippen molar-refractivity contribution in [2.24, 2.45) is 0 Å². The Balaban J connectivity index is 0. The average molecular weight is 210 g/mol. The standard InChI is InChI=1S/C7H7.C6H16N.H2O/c1-7-5-3-2-4-6-7;1-5-7(3,4)6-2;/h2-6H,1H2;5-6H2,1-4H3;1H2/q;+1;/p-1. The molecule has 0 aliphatic rings. The highest BCUT2D eigenvalue weighted by Crippen LogP contribution is 1.92. The fraction of sp³-hybridized carbons (Fsp3) is 0.462. The van der Waals surface area contributed by atoms with Crippen molar-refractivity contribution in [2.45, 2.75) is 13.8 Å². The Kier molecular flexibility index (Phi) is 9.33. The van der Waals surface area contributed by atoms with Gasteiger partial charge in [0.2, 0.25) is 0 Å². The van der Waals surface area contributed by atoms with Crippen LogP contribution in [0.4, 0.5) is 0 Å². The van der Waals surface area contributed by atoms with Crippen molar-refractivity contribution in [3.05, 3.63) is 42.8 Å². The van der Waals surface area contributed by atoms with Gasteiger partial charge in [0.25, 0.3) is 0 Å². The molecule has 2 heteroatoms. The monoisotopic (exact) mass is 210 g/mol. The first-order valence-electron chi connectivity index (χ1n) is 5.21. The van der Waals surface area contributed by atoms with E-state index in [1.54, 1.807) is 0 Å². The van der Waals surface area contributed by atoms with Gasteiger partial charge in [-0.1, -0.05) is 30.3 Å². The predicted molar refractivity (Wildman–Crippen MR) is 66.0 cm³/mol. The lowest BCUT2D eigenvalue weighted by atomic mass is 10.2. The van der Waals surface area contributed by atoms with Gasteiger partial charge in [0.15, 0.2) is 0 Å². The zero-order valence-electron chi connectivity index (χ0n) is 10.4. The third kappa shape index (κ3) is 9.44. The zero-order chi connectivity index (χ0) is 11.0.